The van der Waals surface area contributed by atoms with Crippen LogP contribution in [0.25, 0.3) is 0 Å². The molecule has 1 unspecified atom stereocenters. The standard InChI is InChI=1S/C15H33N3O2/c1-7-9-18(12-11-17(5)6)10-8-15(4,14(19)20)16-13(2)3/h13,16H,7-12H2,1-6H3,(H,19,20). The number of likely N-dealkylation sites (N-methyl/N-ethyl adjacent to an activating group) is 1. The van der Waals surface area contributed by atoms with Crippen LogP contribution in [0.5, 0.6) is 0 Å². The van der Waals surface area contributed by atoms with Crippen molar-refractivity contribution in [1.82, 2.24) is 15.1 Å². The maximum Gasteiger partial charge on any atom is 0.323 e. The summed E-state index contributed by atoms with van der Waals surface area (Å²) in [5.74, 6) is -0.768. The number of nitrogens with one attached hydrogen (secondary N) is 1. The van der Waals surface area contributed by atoms with Gasteiger partial charge in [-0.15, -0.1) is 0 Å². The van der Waals surface area contributed by atoms with Crippen molar-refractivity contribution in [1.29, 1.82) is 0 Å². The highest BCUT2D eigenvalue weighted by molar-refractivity contribution is 5.78. The first-order chi connectivity index (χ1) is 9.21. The minimum Gasteiger partial charge on any atom is -0.480 e. The van der Waals surface area contributed by atoms with Crippen LogP contribution in [0, 0.1) is 0 Å². The predicted octanol–water partition coefficient (Wildman–Crippen LogP) is 1.49. The summed E-state index contributed by atoms with van der Waals surface area (Å²) >= 11 is 0. The lowest BCUT2D eigenvalue weighted by atomic mass is 9.96. The van der Waals surface area contributed by atoms with Gasteiger partial charge in [0.2, 0.25) is 0 Å². The van der Waals surface area contributed by atoms with Crippen molar-refractivity contribution in [2.45, 2.75) is 52.1 Å². The summed E-state index contributed by atoms with van der Waals surface area (Å²) in [6, 6.07) is 0.164. The predicted molar refractivity (Wildman–Crippen MR) is 84.2 cm³/mol. The fourth-order valence-corrected chi connectivity index (χ4v) is 2.25. The third-order valence-electron chi connectivity index (χ3n) is 3.41. The van der Waals surface area contributed by atoms with Crippen LogP contribution >= 0.6 is 0 Å². The average Bonchev–Trinajstić information content (AvgIpc) is 2.31. The summed E-state index contributed by atoms with van der Waals surface area (Å²) < 4.78 is 0. The van der Waals surface area contributed by atoms with E-state index >= 15 is 0 Å². The van der Waals surface area contributed by atoms with E-state index in [0.29, 0.717) is 6.42 Å². The van der Waals surface area contributed by atoms with Crippen molar-refractivity contribution in [2.75, 3.05) is 40.3 Å². The van der Waals surface area contributed by atoms with Gasteiger partial charge in [-0.05, 0) is 54.3 Å². The zero-order chi connectivity index (χ0) is 15.8. The number of rotatable bonds is 11. The van der Waals surface area contributed by atoms with Crippen molar-refractivity contribution in [3.63, 3.8) is 0 Å². The molecule has 0 aromatic rings. The Morgan fingerprint density at radius 1 is 1.20 bits per heavy atom. The molecule has 0 saturated heterocycles. The van der Waals surface area contributed by atoms with Crippen LogP contribution < -0.4 is 5.32 Å². The molecule has 5 nitrogen and oxygen atoms in total. The molecule has 0 heterocycles. The van der Waals surface area contributed by atoms with Crippen LogP contribution in [-0.2, 0) is 4.79 Å². The van der Waals surface area contributed by atoms with Crippen LogP contribution in [0.2, 0.25) is 0 Å². The van der Waals surface area contributed by atoms with E-state index in [2.05, 4.69) is 36.1 Å². The molecule has 0 fully saturated rings. The zero-order valence-corrected chi connectivity index (χ0v) is 14.1. The van der Waals surface area contributed by atoms with E-state index in [1.165, 1.54) is 0 Å². The first-order valence-electron chi connectivity index (χ1n) is 7.59. The van der Waals surface area contributed by atoms with Crippen molar-refractivity contribution in [2.24, 2.45) is 0 Å². The van der Waals surface area contributed by atoms with Gasteiger partial charge in [0.1, 0.15) is 5.54 Å². The molecule has 120 valence electrons. The minimum atomic E-state index is -0.849. The van der Waals surface area contributed by atoms with Gasteiger partial charge in [-0.2, -0.15) is 0 Å². The first kappa shape index (κ1) is 19.4. The molecule has 0 saturated carbocycles. The maximum atomic E-state index is 11.5. The smallest absolute Gasteiger partial charge is 0.323 e. The molecular formula is C15H33N3O2. The van der Waals surface area contributed by atoms with Gasteiger partial charge in [0.05, 0.1) is 0 Å². The van der Waals surface area contributed by atoms with E-state index in [1.54, 1.807) is 6.92 Å². The molecule has 0 aliphatic rings. The van der Waals surface area contributed by atoms with Crippen LogP contribution in [0.1, 0.15) is 40.5 Å². The summed E-state index contributed by atoms with van der Waals surface area (Å²) in [5.41, 5.74) is -0.849. The summed E-state index contributed by atoms with van der Waals surface area (Å²) in [6.07, 6.45) is 1.71. The molecule has 0 rings (SSSR count). The monoisotopic (exact) mass is 287 g/mol. The van der Waals surface area contributed by atoms with Gasteiger partial charge in [0.25, 0.3) is 0 Å². The second kappa shape index (κ2) is 9.32. The molecule has 5 heteroatoms. The number of carboxylic acids is 1. The Hall–Kier alpha value is -0.650. The van der Waals surface area contributed by atoms with E-state index in [9.17, 15) is 9.90 Å². The van der Waals surface area contributed by atoms with E-state index in [0.717, 1.165) is 32.6 Å². The SMILES string of the molecule is CCCN(CCN(C)C)CCC(C)(NC(C)C)C(=O)O. The Morgan fingerprint density at radius 3 is 2.20 bits per heavy atom. The zero-order valence-electron chi connectivity index (χ0n) is 14.1. The summed E-state index contributed by atoms with van der Waals surface area (Å²) in [4.78, 5) is 16.0. The number of nitrogens with zero attached hydrogens (tertiary/aromatic N) is 2. The number of carbonyl (C=O) groups is 1. The van der Waals surface area contributed by atoms with Gasteiger partial charge in [0.15, 0.2) is 0 Å². The number of hydrogen-bond donors (Lipinski definition) is 2. The molecule has 0 radical (unpaired) electrons. The van der Waals surface area contributed by atoms with E-state index < -0.39 is 11.5 Å². The van der Waals surface area contributed by atoms with Crippen molar-refractivity contribution >= 4 is 5.97 Å². The second-order valence-electron chi connectivity index (χ2n) is 6.33. The average molecular weight is 287 g/mol. The Labute approximate surface area is 124 Å². The van der Waals surface area contributed by atoms with Crippen LogP contribution in [0.15, 0.2) is 0 Å². The molecule has 1 atom stereocenters. The topological polar surface area (TPSA) is 55.8 Å². The van der Waals surface area contributed by atoms with Gasteiger partial charge < -0.3 is 14.9 Å². The van der Waals surface area contributed by atoms with Gasteiger partial charge in [-0.1, -0.05) is 6.92 Å². The Kier molecular flexibility index (Phi) is 9.01. The molecule has 0 aliphatic heterocycles. The van der Waals surface area contributed by atoms with Gasteiger partial charge in [-0.25, -0.2) is 0 Å². The van der Waals surface area contributed by atoms with Crippen LogP contribution in [0.3, 0.4) is 0 Å². The van der Waals surface area contributed by atoms with Gasteiger partial charge in [-0.3, -0.25) is 10.1 Å². The van der Waals surface area contributed by atoms with E-state index in [4.69, 9.17) is 0 Å². The number of aliphatic carboxylic acids is 1. The van der Waals surface area contributed by atoms with E-state index in [-0.39, 0.29) is 6.04 Å². The van der Waals surface area contributed by atoms with Gasteiger partial charge >= 0.3 is 5.97 Å². The fraction of sp³-hybridized carbons (Fsp3) is 0.933. The molecule has 0 aromatic carbocycles. The Balaban J connectivity index is 4.49. The third kappa shape index (κ3) is 7.82. The van der Waals surface area contributed by atoms with Crippen LogP contribution in [0.4, 0.5) is 0 Å². The molecule has 20 heavy (non-hydrogen) atoms. The summed E-state index contributed by atoms with van der Waals surface area (Å²) in [6.45, 7) is 11.7. The Bertz CT molecular complexity index is 282. The molecule has 0 aromatic heterocycles. The normalized spacial score (nSPS) is 15.1. The lowest BCUT2D eigenvalue weighted by Crippen LogP contribution is -2.54. The highest BCUT2D eigenvalue weighted by Crippen LogP contribution is 2.13. The molecule has 0 amide bonds. The minimum absolute atomic E-state index is 0.164. The Morgan fingerprint density at radius 2 is 1.80 bits per heavy atom. The van der Waals surface area contributed by atoms with E-state index in [1.807, 2.05) is 13.8 Å². The van der Waals surface area contributed by atoms with Crippen molar-refractivity contribution in [3.8, 4) is 0 Å². The van der Waals surface area contributed by atoms with Crippen LogP contribution in [-0.4, -0.2) is 72.7 Å². The number of hydrogen-bond acceptors (Lipinski definition) is 4. The molecule has 2 N–H and O–H groups in total. The molecular weight excluding hydrogens is 254 g/mol. The lowest BCUT2D eigenvalue weighted by Gasteiger charge is -2.32. The van der Waals surface area contributed by atoms with Crippen molar-refractivity contribution < 1.29 is 9.90 Å². The van der Waals surface area contributed by atoms with Gasteiger partial charge in [0, 0.05) is 25.7 Å². The molecule has 0 bridgehead atoms. The fourth-order valence-electron chi connectivity index (χ4n) is 2.25. The first-order valence-corrected chi connectivity index (χ1v) is 7.59. The summed E-state index contributed by atoms with van der Waals surface area (Å²) in [5, 5.41) is 12.6. The summed E-state index contributed by atoms with van der Waals surface area (Å²) in [7, 11) is 4.12. The molecule has 0 spiro atoms. The quantitative estimate of drug-likeness (QED) is 0.603. The third-order valence-corrected chi connectivity index (χ3v) is 3.41. The second-order valence-corrected chi connectivity index (χ2v) is 6.33. The number of carboxylic acid groups (broad SMARTS) is 1. The maximum absolute atomic E-state index is 11.5. The van der Waals surface area contributed by atoms with Crippen molar-refractivity contribution in [3.05, 3.63) is 0 Å². The molecule has 0 aliphatic carbocycles. The largest absolute Gasteiger partial charge is 0.480 e. The highest BCUT2D eigenvalue weighted by atomic mass is 16.4. The lowest BCUT2D eigenvalue weighted by molar-refractivity contribution is -0.145. The highest BCUT2D eigenvalue weighted by Gasteiger charge is 2.33.